The lowest BCUT2D eigenvalue weighted by molar-refractivity contribution is -0.127. The van der Waals surface area contributed by atoms with E-state index in [1.54, 1.807) is 7.11 Å². The fourth-order valence-corrected chi connectivity index (χ4v) is 4.52. The molecule has 1 saturated heterocycles. The highest BCUT2D eigenvalue weighted by Gasteiger charge is 2.21. The molecule has 0 atom stereocenters. The zero-order chi connectivity index (χ0) is 20.2. The Kier molecular flexibility index (Phi) is 5.90. The summed E-state index contributed by atoms with van der Waals surface area (Å²) in [7, 11) is 1.67. The van der Waals surface area contributed by atoms with Crippen molar-refractivity contribution >= 4 is 17.7 Å². The first-order chi connectivity index (χ1) is 14.2. The van der Waals surface area contributed by atoms with Crippen molar-refractivity contribution in [1.82, 2.24) is 14.5 Å². The molecule has 0 unspecified atom stereocenters. The Hall–Kier alpha value is -2.73. The van der Waals surface area contributed by atoms with Crippen LogP contribution in [0.4, 0.5) is 0 Å². The Morgan fingerprint density at radius 3 is 2.52 bits per heavy atom. The summed E-state index contributed by atoms with van der Waals surface area (Å²) in [6.45, 7) is 3.85. The first kappa shape index (κ1) is 19.6. The van der Waals surface area contributed by atoms with Crippen molar-refractivity contribution in [3.63, 3.8) is 0 Å². The minimum Gasteiger partial charge on any atom is -0.497 e. The molecule has 5 nitrogen and oxygen atoms in total. The number of thioether (sulfide) groups is 1. The standard InChI is InChI=1S/C23H25N3O2S/c1-17-7-3-4-8-20(17)26-21(18-9-11-19(28-2)12-10-18)15-24-23(26)29-16-22(27)25-13-5-6-14-25/h3-4,7-12,15H,5-6,13-14,16H2,1-2H3. The molecule has 3 aromatic rings. The number of aromatic nitrogens is 2. The largest absolute Gasteiger partial charge is 0.497 e. The quantitative estimate of drug-likeness (QED) is 0.562. The minimum atomic E-state index is 0.192. The van der Waals surface area contributed by atoms with Crippen LogP contribution in [0.3, 0.4) is 0 Å². The number of ether oxygens (including phenoxy) is 1. The van der Waals surface area contributed by atoms with Gasteiger partial charge in [-0.2, -0.15) is 0 Å². The van der Waals surface area contributed by atoms with Gasteiger partial charge >= 0.3 is 0 Å². The number of hydrogen-bond donors (Lipinski definition) is 0. The van der Waals surface area contributed by atoms with Crippen LogP contribution in [0.5, 0.6) is 5.75 Å². The molecule has 6 heteroatoms. The van der Waals surface area contributed by atoms with E-state index in [-0.39, 0.29) is 5.91 Å². The molecule has 0 N–H and O–H groups in total. The van der Waals surface area contributed by atoms with Crippen LogP contribution in [0.25, 0.3) is 16.9 Å². The van der Waals surface area contributed by atoms with Gasteiger partial charge in [-0.3, -0.25) is 9.36 Å². The van der Waals surface area contributed by atoms with Gasteiger partial charge in [-0.15, -0.1) is 0 Å². The van der Waals surface area contributed by atoms with E-state index >= 15 is 0 Å². The fourth-order valence-electron chi connectivity index (χ4n) is 3.63. The number of methoxy groups -OCH3 is 1. The van der Waals surface area contributed by atoms with Crippen molar-refractivity contribution in [2.75, 3.05) is 26.0 Å². The first-order valence-corrected chi connectivity index (χ1v) is 10.8. The minimum absolute atomic E-state index is 0.192. The molecule has 0 spiro atoms. The molecule has 4 rings (SSSR count). The molecule has 1 aliphatic heterocycles. The molecule has 29 heavy (non-hydrogen) atoms. The summed E-state index contributed by atoms with van der Waals surface area (Å²) in [6.07, 6.45) is 4.10. The van der Waals surface area contributed by atoms with Gasteiger partial charge in [0.15, 0.2) is 5.16 Å². The van der Waals surface area contributed by atoms with E-state index in [2.05, 4.69) is 28.6 Å². The normalized spacial score (nSPS) is 13.7. The molecule has 1 aromatic heterocycles. The molecule has 0 bridgehead atoms. The van der Waals surface area contributed by atoms with Crippen molar-refractivity contribution in [3.05, 3.63) is 60.3 Å². The second-order valence-electron chi connectivity index (χ2n) is 7.15. The van der Waals surface area contributed by atoms with Gasteiger partial charge in [-0.25, -0.2) is 4.98 Å². The number of nitrogens with zero attached hydrogens (tertiary/aromatic N) is 3. The molecule has 2 heterocycles. The lowest BCUT2D eigenvalue weighted by Gasteiger charge is -2.16. The summed E-state index contributed by atoms with van der Waals surface area (Å²) in [5.41, 5.74) is 4.29. The summed E-state index contributed by atoms with van der Waals surface area (Å²) in [5, 5.41) is 0.831. The number of para-hydroxylation sites is 1. The second-order valence-corrected chi connectivity index (χ2v) is 8.10. The molecular weight excluding hydrogens is 382 g/mol. The average Bonchev–Trinajstić information content (AvgIpc) is 3.43. The van der Waals surface area contributed by atoms with Gasteiger partial charge in [-0.1, -0.05) is 30.0 Å². The Labute approximate surface area is 175 Å². The summed E-state index contributed by atoms with van der Waals surface area (Å²) in [5.74, 6) is 1.42. The number of likely N-dealkylation sites (tertiary alicyclic amines) is 1. The van der Waals surface area contributed by atoms with Crippen LogP contribution in [0.15, 0.2) is 59.9 Å². The Balaban J connectivity index is 1.68. The van der Waals surface area contributed by atoms with E-state index in [9.17, 15) is 4.79 Å². The third-order valence-corrected chi connectivity index (χ3v) is 6.19. The predicted molar refractivity (Wildman–Crippen MR) is 117 cm³/mol. The summed E-state index contributed by atoms with van der Waals surface area (Å²) < 4.78 is 7.44. The maximum Gasteiger partial charge on any atom is 0.233 e. The monoisotopic (exact) mass is 407 g/mol. The lowest BCUT2D eigenvalue weighted by atomic mass is 10.1. The van der Waals surface area contributed by atoms with Crippen LogP contribution < -0.4 is 4.74 Å². The molecule has 1 fully saturated rings. The van der Waals surface area contributed by atoms with Crippen molar-refractivity contribution in [3.8, 4) is 22.7 Å². The third-order valence-electron chi connectivity index (χ3n) is 5.26. The summed E-state index contributed by atoms with van der Waals surface area (Å²) >= 11 is 1.50. The lowest BCUT2D eigenvalue weighted by Crippen LogP contribution is -2.29. The SMILES string of the molecule is COc1ccc(-c2cnc(SCC(=O)N3CCCC3)n2-c2ccccc2C)cc1. The van der Waals surface area contributed by atoms with E-state index in [0.29, 0.717) is 5.75 Å². The van der Waals surface area contributed by atoms with Crippen LogP contribution in [0.2, 0.25) is 0 Å². The van der Waals surface area contributed by atoms with Crippen molar-refractivity contribution in [2.24, 2.45) is 0 Å². The number of aryl methyl sites for hydroxylation is 1. The van der Waals surface area contributed by atoms with Gasteiger partial charge in [0.1, 0.15) is 5.75 Å². The molecule has 0 radical (unpaired) electrons. The predicted octanol–water partition coefficient (Wildman–Crippen LogP) is 4.57. The van der Waals surface area contributed by atoms with Crippen LogP contribution in [0, 0.1) is 6.92 Å². The number of imidazole rings is 1. The van der Waals surface area contributed by atoms with Gasteiger partial charge in [0.2, 0.25) is 5.91 Å². The molecular formula is C23H25N3O2S. The van der Waals surface area contributed by atoms with E-state index in [1.807, 2.05) is 47.5 Å². The Morgan fingerprint density at radius 2 is 1.83 bits per heavy atom. The van der Waals surface area contributed by atoms with Crippen LogP contribution >= 0.6 is 11.8 Å². The van der Waals surface area contributed by atoms with Gasteiger partial charge in [0.25, 0.3) is 0 Å². The van der Waals surface area contributed by atoms with E-state index in [0.717, 1.165) is 59.3 Å². The van der Waals surface area contributed by atoms with Crippen LogP contribution in [-0.4, -0.2) is 46.3 Å². The fraction of sp³-hybridized carbons (Fsp3) is 0.304. The average molecular weight is 408 g/mol. The van der Waals surface area contributed by atoms with E-state index in [4.69, 9.17) is 4.74 Å². The smallest absolute Gasteiger partial charge is 0.233 e. The maximum atomic E-state index is 12.5. The van der Waals surface area contributed by atoms with Crippen LogP contribution in [-0.2, 0) is 4.79 Å². The van der Waals surface area contributed by atoms with Crippen molar-refractivity contribution < 1.29 is 9.53 Å². The van der Waals surface area contributed by atoms with E-state index in [1.165, 1.54) is 11.8 Å². The number of rotatable bonds is 6. The molecule has 0 aliphatic carbocycles. The van der Waals surface area contributed by atoms with Crippen molar-refractivity contribution in [1.29, 1.82) is 0 Å². The second kappa shape index (κ2) is 8.74. The van der Waals surface area contributed by atoms with E-state index < -0.39 is 0 Å². The van der Waals surface area contributed by atoms with Crippen molar-refractivity contribution in [2.45, 2.75) is 24.9 Å². The number of amides is 1. The number of hydrogen-bond acceptors (Lipinski definition) is 4. The highest BCUT2D eigenvalue weighted by Crippen LogP contribution is 2.32. The van der Waals surface area contributed by atoms with Gasteiger partial charge in [0, 0.05) is 18.7 Å². The summed E-state index contributed by atoms with van der Waals surface area (Å²) in [6, 6.07) is 16.2. The molecule has 1 amide bonds. The highest BCUT2D eigenvalue weighted by atomic mass is 32.2. The zero-order valence-electron chi connectivity index (χ0n) is 16.8. The highest BCUT2D eigenvalue weighted by molar-refractivity contribution is 7.99. The summed E-state index contributed by atoms with van der Waals surface area (Å²) in [4.78, 5) is 19.2. The number of carbonyl (C=O) groups is 1. The molecule has 150 valence electrons. The first-order valence-electron chi connectivity index (χ1n) is 9.86. The van der Waals surface area contributed by atoms with Crippen LogP contribution in [0.1, 0.15) is 18.4 Å². The zero-order valence-corrected chi connectivity index (χ0v) is 17.6. The van der Waals surface area contributed by atoms with Gasteiger partial charge < -0.3 is 9.64 Å². The maximum absolute atomic E-state index is 12.5. The Morgan fingerprint density at radius 1 is 1.10 bits per heavy atom. The molecule has 1 aliphatic rings. The third kappa shape index (κ3) is 4.17. The molecule has 2 aromatic carbocycles. The van der Waals surface area contributed by atoms with Gasteiger partial charge in [0.05, 0.1) is 30.4 Å². The van der Waals surface area contributed by atoms with Gasteiger partial charge in [-0.05, 0) is 55.7 Å². The number of carbonyl (C=O) groups excluding carboxylic acids is 1. The topological polar surface area (TPSA) is 47.4 Å². The molecule has 0 saturated carbocycles. The number of benzene rings is 2. The Bertz CT molecular complexity index is 992.